The molecule has 0 spiro atoms. The van der Waals surface area contributed by atoms with Gasteiger partial charge in [-0.1, -0.05) is 82.2 Å². The van der Waals surface area contributed by atoms with Gasteiger partial charge in [-0.05, 0) is 36.6 Å². The van der Waals surface area contributed by atoms with E-state index in [0.29, 0.717) is 33.8 Å². The molecule has 0 fully saturated rings. The maximum atomic E-state index is 12.1. The van der Waals surface area contributed by atoms with Crippen LogP contribution in [0.1, 0.15) is 23.1 Å². The molecule has 0 radical (unpaired) electrons. The number of thioether (sulfide) groups is 1. The predicted molar refractivity (Wildman–Crippen MR) is 114 cm³/mol. The van der Waals surface area contributed by atoms with Gasteiger partial charge in [-0.15, -0.1) is 10.2 Å². The lowest BCUT2D eigenvalue weighted by atomic mass is 10.1. The zero-order chi connectivity index (χ0) is 19.2. The molecule has 0 saturated carbocycles. The Labute approximate surface area is 176 Å². The number of anilines is 1. The average molecular weight is 438 g/mol. The molecule has 0 aliphatic rings. The molecule has 140 valence electrons. The van der Waals surface area contributed by atoms with Gasteiger partial charge in [-0.3, -0.25) is 4.79 Å². The van der Waals surface area contributed by atoms with Crippen molar-refractivity contribution >= 4 is 57.3 Å². The molecule has 1 heterocycles. The Balaban J connectivity index is 1.50. The minimum absolute atomic E-state index is 0.0718. The molecule has 0 aliphatic heterocycles. The molecule has 0 atom stereocenters. The van der Waals surface area contributed by atoms with Gasteiger partial charge in [0.1, 0.15) is 0 Å². The van der Waals surface area contributed by atoms with E-state index in [9.17, 15) is 4.79 Å². The van der Waals surface area contributed by atoms with Gasteiger partial charge in [-0.25, -0.2) is 0 Å². The first-order valence-electron chi connectivity index (χ1n) is 8.26. The van der Waals surface area contributed by atoms with E-state index in [4.69, 9.17) is 23.2 Å². The molecule has 1 amide bonds. The highest BCUT2D eigenvalue weighted by molar-refractivity contribution is 8.00. The standard InChI is InChI=1S/C19H17Cl2N3OS2/c1-12-5-7-13(8-6-12)9-10-17(25)22-18-23-24-19(27-18)26-11-14-15(20)3-2-4-16(14)21/h2-8H,9-11H2,1H3,(H,22,23,25). The number of carbonyl (C=O) groups excluding carboxylic acids is 1. The third kappa shape index (κ3) is 5.94. The molecule has 27 heavy (non-hydrogen) atoms. The number of hydrogen-bond donors (Lipinski definition) is 1. The van der Waals surface area contributed by atoms with Crippen molar-refractivity contribution in [1.82, 2.24) is 10.2 Å². The first-order chi connectivity index (χ1) is 13.0. The molecule has 0 bridgehead atoms. The van der Waals surface area contributed by atoms with Crippen LogP contribution >= 0.6 is 46.3 Å². The van der Waals surface area contributed by atoms with Crippen molar-refractivity contribution in [3.8, 4) is 0 Å². The summed E-state index contributed by atoms with van der Waals surface area (Å²) in [5.41, 5.74) is 3.21. The van der Waals surface area contributed by atoms with Crippen molar-refractivity contribution in [2.45, 2.75) is 29.9 Å². The number of benzene rings is 2. The number of halogens is 2. The van der Waals surface area contributed by atoms with Crippen LogP contribution in [0, 0.1) is 6.92 Å². The fourth-order valence-electron chi connectivity index (χ4n) is 2.32. The number of aryl methyl sites for hydroxylation is 2. The second kappa shape index (κ2) is 9.55. The number of nitrogens with one attached hydrogen (secondary N) is 1. The fourth-order valence-corrected chi connectivity index (χ4v) is 4.83. The Morgan fingerprint density at radius 1 is 1.11 bits per heavy atom. The van der Waals surface area contributed by atoms with E-state index in [1.807, 2.05) is 49.4 Å². The zero-order valence-electron chi connectivity index (χ0n) is 14.5. The second-order valence-corrected chi connectivity index (χ2v) is 8.91. The van der Waals surface area contributed by atoms with E-state index in [1.165, 1.54) is 28.7 Å². The highest BCUT2D eigenvalue weighted by Crippen LogP contribution is 2.33. The van der Waals surface area contributed by atoms with E-state index < -0.39 is 0 Å². The van der Waals surface area contributed by atoms with Gasteiger partial charge < -0.3 is 5.32 Å². The van der Waals surface area contributed by atoms with Gasteiger partial charge >= 0.3 is 0 Å². The monoisotopic (exact) mass is 437 g/mol. The van der Waals surface area contributed by atoms with Crippen molar-refractivity contribution in [2.75, 3.05) is 5.32 Å². The van der Waals surface area contributed by atoms with Gasteiger partial charge in [-0.2, -0.15) is 0 Å². The Hall–Kier alpha value is -1.60. The lowest BCUT2D eigenvalue weighted by Crippen LogP contribution is -2.12. The van der Waals surface area contributed by atoms with Crippen LogP contribution in [0.2, 0.25) is 10.0 Å². The maximum Gasteiger partial charge on any atom is 0.226 e. The number of hydrogen-bond acceptors (Lipinski definition) is 5. The van der Waals surface area contributed by atoms with Crippen molar-refractivity contribution in [3.63, 3.8) is 0 Å². The molecule has 3 rings (SSSR count). The molecule has 2 aromatic carbocycles. The fraction of sp³-hybridized carbons (Fsp3) is 0.211. The number of aromatic nitrogens is 2. The molecule has 8 heteroatoms. The van der Waals surface area contributed by atoms with Gasteiger partial charge in [0.25, 0.3) is 0 Å². The van der Waals surface area contributed by atoms with E-state index in [0.717, 1.165) is 15.5 Å². The van der Waals surface area contributed by atoms with Gasteiger partial charge in [0.15, 0.2) is 4.34 Å². The van der Waals surface area contributed by atoms with E-state index >= 15 is 0 Å². The SMILES string of the molecule is Cc1ccc(CCC(=O)Nc2nnc(SCc3c(Cl)cccc3Cl)s2)cc1. The van der Waals surface area contributed by atoms with Gasteiger partial charge in [0, 0.05) is 22.2 Å². The third-order valence-electron chi connectivity index (χ3n) is 3.82. The van der Waals surface area contributed by atoms with Gasteiger partial charge in [0.05, 0.1) is 0 Å². The first-order valence-corrected chi connectivity index (χ1v) is 10.8. The van der Waals surface area contributed by atoms with Crippen molar-refractivity contribution in [1.29, 1.82) is 0 Å². The number of rotatable bonds is 7. The van der Waals surface area contributed by atoms with Crippen LogP contribution in [-0.4, -0.2) is 16.1 Å². The van der Waals surface area contributed by atoms with Crippen LogP contribution < -0.4 is 5.32 Å². The smallest absolute Gasteiger partial charge is 0.226 e. The summed E-state index contributed by atoms with van der Waals surface area (Å²) in [7, 11) is 0. The Kier molecular flexibility index (Phi) is 7.13. The van der Waals surface area contributed by atoms with E-state index in [2.05, 4.69) is 15.5 Å². The molecular formula is C19H17Cl2N3OS2. The lowest BCUT2D eigenvalue weighted by molar-refractivity contribution is -0.116. The minimum atomic E-state index is -0.0718. The third-order valence-corrected chi connectivity index (χ3v) is 6.52. The quantitative estimate of drug-likeness (QED) is 0.362. The topological polar surface area (TPSA) is 54.9 Å². The summed E-state index contributed by atoms with van der Waals surface area (Å²) < 4.78 is 0.750. The molecule has 4 nitrogen and oxygen atoms in total. The van der Waals surface area contributed by atoms with Gasteiger partial charge in [0.2, 0.25) is 11.0 Å². The van der Waals surface area contributed by atoms with Crippen LogP contribution in [0.15, 0.2) is 46.8 Å². The zero-order valence-corrected chi connectivity index (χ0v) is 17.7. The van der Waals surface area contributed by atoms with Crippen LogP contribution in [0.3, 0.4) is 0 Å². The Bertz CT molecular complexity index is 909. The first kappa shape index (κ1) is 20.1. The largest absolute Gasteiger partial charge is 0.300 e. The highest BCUT2D eigenvalue weighted by Gasteiger charge is 2.11. The molecule has 1 N–H and O–H groups in total. The summed E-state index contributed by atoms with van der Waals surface area (Å²) >= 11 is 15.2. The van der Waals surface area contributed by atoms with Crippen molar-refractivity contribution in [3.05, 3.63) is 69.2 Å². The Morgan fingerprint density at radius 3 is 2.52 bits per heavy atom. The molecule has 3 aromatic rings. The lowest BCUT2D eigenvalue weighted by Gasteiger charge is -2.04. The van der Waals surface area contributed by atoms with Crippen molar-refractivity contribution in [2.24, 2.45) is 0 Å². The Morgan fingerprint density at radius 2 is 1.81 bits per heavy atom. The molecule has 1 aromatic heterocycles. The number of nitrogens with zero attached hydrogens (tertiary/aromatic N) is 2. The molecule has 0 saturated heterocycles. The minimum Gasteiger partial charge on any atom is -0.300 e. The van der Waals surface area contributed by atoms with E-state index in [-0.39, 0.29) is 5.91 Å². The summed E-state index contributed by atoms with van der Waals surface area (Å²) in [5.74, 6) is 0.520. The summed E-state index contributed by atoms with van der Waals surface area (Å²) in [6, 6.07) is 13.6. The van der Waals surface area contributed by atoms with Crippen LogP contribution in [0.5, 0.6) is 0 Å². The number of amides is 1. The van der Waals surface area contributed by atoms with Crippen LogP contribution in [0.25, 0.3) is 0 Å². The predicted octanol–water partition coefficient (Wildman–Crippen LogP) is 6.02. The summed E-state index contributed by atoms with van der Waals surface area (Å²) in [6.07, 6.45) is 1.10. The molecule has 0 aliphatic carbocycles. The van der Waals surface area contributed by atoms with Crippen molar-refractivity contribution < 1.29 is 4.79 Å². The normalized spacial score (nSPS) is 10.8. The summed E-state index contributed by atoms with van der Waals surface area (Å²) in [4.78, 5) is 12.1. The second-order valence-electron chi connectivity index (χ2n) is 5.90. The highest BCUT2D eigenvalue weighted by atomic mass is 35.5. The molecule has 0 unspecified atom stereocenters. The number of carbonyl (C=O) groups is 1. The van der Waals surface area contributed by atoms with E-state index in [1.54, 1.807) is 0 Å². The van der Waals surface area contributed by atoms with Crippen LogP contribution in [-0.2, 0) is 17.0 Å². The summed E-state index contributed by atoms with van der Waals surface area (Å²) in [5, 5.41) is 12.7. The summed E-state index contributed by atoms with van der Waals surface area (Å²) in [6.45, 7) is 2.04. The maximum absolute atomic E-state index is 12.1. The molecular weight excluding hydrogens is 421 g/mol. The average Bonchev–Trinajstić information content (AvgIpc) is 3.08. The van der Waals surface area contributed by atoms with Crippen LogP contribution in [0.4, 0.5) is 5.13 Å².